The van der Waals surface area contributed by atoms with Crippen molar-refractivity contribution in [3.05, 3.63) is 63.2 Å². The van der Waals surface area contributed by atoms with E-state index in [0.29, 0.717) is 6.10 Å². The van der Waals surface area contributed by atoms with Crippen molar-refractivity contribution >= 4 is 22.6 Å². The lowest BCUT2D eigenvalue weighted by atomic mass is 10.0. The normalized spacial score (nSPS) is 16.1. The first kappa shape index (κ1) is 12.9. The van der Waals surface area contributed by atoms with Crippen LogP contribution in [0.2, 0.25) is 0 Å². The Hall–Kier alpha value is -1.07. The number of benzene rings is 2. The van der Waals surface area contributed by atoms with E-state index in [0.717, 1.165) is 33.3 Å². The number of halogens is 1. The Morgan fingerprint density at radius 2 is 1.74 bits per heavy atom. The van der Waals surface area contributed by atoms with Crippen LogP contribution < -0.4 is 4.74 Å². The molecule has 1 saturated carbocycles. The molecule has 3 rings (SSSR count). The number of hydrogen-bond acceptors (Lipinski definition) is 2. The van der Waals surface area contributed by atoms with Crippen LogP contribution in [-0.4, -0.2) is 11.2 Å². The molecular formula is C16H15IO2. The molecule has 0 heterocycles. The van der Waals surface area contributed by atoms with Gasteiger partial charge in [0.05, 0.1) is 6.10 Å². The average molecular weight is 366 g/mol. The second-order valence-corrected chi connectivity index (χ2v) is 6.09. The first-order valence-electron chi connectivity index (χ1n) is 6.42. The van der Waals surface area contributed by atoms with Gasteiger partial charge in [-0.1, -0.05) is 24.3 Å². The smallest absolute Gasteiger partial charge is 0.120 e. The van der Waals surface area contributed by atoms with Crippen molar-refractivity contribution in [1.82, 2.24) is 0 Å². The monoisotopic (exact) mass is 366 g/mol. The molecule has 0 bridgehead atoms. The molecule has 1 N–H and O–H groups in total. The topological polar surface area (TPSA) is 29.5 Å². The minimum Gasteiger partial charge on any atom is -0.490 e. The molecule has 2 aromatic rings. The molecule has 19 heavy (non-hydrogen) atoms. The zero-order valence-corrected chi connectivity index (χ0v) is 12.6. The molecule has 1 atom stereocenters. The first-order valence-corrected chi connectivity index (χ1v) is 7.50. The highest BCUT2D eigenvalue weighted by Gasteiger charge is 2.23. The highest BCUT2D eigenvalue weighted by molar-refractivity contribution is 14.1. The average Bonchev–Trinajstić information content (AvgIpc) is 3.22. The van der Waals surface area contributed by atoms with Crippen LogP contribution in [0.1, 0.15) is 30.1 Å². The molecule has 0 saturated heterocycles. The van der Waals surface area contributed by atoms with Gasteiger partial charge in [0.2, 0.25) is 0 Å². The standard InChI is InChI=1S/C16H15IO2/c17-13-5-1-3-11(9-13)16(18)12-4-2-6-15(10-12)19-14-7-8-14/h1-6,9-10,14,16,18H,7-8H2. The summed E-state index contributed by atoms with van der Waals surface area (Å²) >= 11 is 2.25. The SMILES string of the molecule is OC(c1cccc(I)c1)c1cccc(OC2CC2)c1. The number of rotatable bonds is 4. The van der Waals surface area contributed by atoms with Crippen LogP contribution in [0.3, 0.4) is 0 Å². The molecule has 1 fully saturated rings. The van der Waals surface area contributed by atoms with Crippen molar-refractivity contribution in [2.45, 2.75) is 25.0 Å². The molecule has 0 amide bonds. The number of ether oxygens (including phenoxy) is 1. The number of aliphatic hydroxyl groups excluding tert-OH is 1. The Kier molecular flexibility index (Phi) is 3.75. The van der Waals surface area contributed by atoms with Gasteiger partial charge in [0.1, 0.15) is 11.9 Å². The highest BCUT2D eigenvalue weighted by atomic mass is 127. The molecule has 1 aliphatic carbocycles. The molecular weight excluding hydrogens is 351 g/mol. The van der Waals surface area contributed by atoms with Gasteiger partial charge in [-0.15, -0.1) is 0 Å². The quantitative estimate of drug-likeness (QED) is 0.832. The summed E-state index contributed by atoms with van der Waals surface area (Å²) in [5, 5.41) is 10.4. The van der Waals surface area contributed by atoms with Crippen molar-refractivity contribution in [3.63, 3.8) is 0 Å². The second kappa shape index (κ2) is 5.51. The van der Waals surface area contributed by atoms with E-state index in [4.69, 9.17) is 4.74 Å². The van der Waals surface area contributed by atoms with Crippen LogP contribution >= 0.6 is 22.6 Å². The fourth-order valence-electron chi connectivity index (χ4n) is 2.01. The van der Waals surface area contributed by atoms with Gasteiger partial charge >= 0.3 is 0 Å². The van der Waals surface area contributed by atoms with Crippen molar-refractivity contribution < 1.29 is 9.84 Å². The minimum absolute atomic E-state index is 0.380. The summed E-state index contributed by atoms with van der Waals surface area (Å²) in [4.78, 5) is 0. The van der Waals surface area contributed by atoms with Crippen LogP contribution in [0, 0.1) is 3.57 Å². The minimum atomic E-state index is -0.600. The maximum atomic E-state index is 10.4. The van der Waals surface area contributed by atoms with Crippen LogP contribution in [0.5, 0.6) is 5.75 Å². The summed E-state index contributed by atoms with van der Waals surface area (Å²) in [5.74, 6) is 0.852. The van der Waals surface area contributed by atoms with Crippen LogP contribution in [0.25, 0.3) is 0 Å². The van der Waals surface area contributed by atoms with E-state index in [1.807, 2.05) is 48.5 Å². The summed E-state index contributed by atoms with van der Waals surface area (Å²) in [6.45, 7) is 0. The van der Waals surface area contributed by atoms with E-state index < -0.39 is 6.10 Å². The van der Waals surface area contributed by atoms with E-state index in [1.165, 1.54) is 0 Å². The van der Waals surface area contributed by atoms with E-state index in [2.05, 4.69) is 22.6 Å². The zero-order chi connectivity index (χ0) is 13.2. The molecule has 3 heteroatoms. The molecule has 0 aliphatic heterocycles. The Morgan fingerprint density at radius 3 is 2.42 bits per heavy atom. The number of aliphatic hydroxyl groups is 1. The van der Waals surface area contributed by atoms with Gasteiger partial charge in [-0.05, 0) is 70.8 Å². The number of hydrogen-bond donors (Lipinski definition) is 1. The molecule has 0 aromatic heterocycles. The third kappa shape index (κ3) is 3.28. The lowest BCUT2D eigenvalue weighted by Crippen LogP contribution is -2.01. The van der Waals surface area contributed by atoms with Gasteiger partial charge in [0.25, 0.3) is 0 Å². The fraction of sp³-hybridized carbons (Fsp3) is 0.250. The third-order valence-electron chi connectivity index (χ3n) is 3.17. The molecule has 2 aromatic carbocycles. The Labute approximate surface area is 126 Å². The summed E-state index contributed by atoms with van der Waals surface area (Å²) < 4.78 is 6.89. The predicted octanol–water partition coefficient (Wildman–Crippen LogP) is 3.91. The van der Waals surface area contributed by atoms with E-state index in [-0.39, 0.29) is 0 Å². The van der Waals surface area contributed by atoms with Gasteiger partial charge in [-0.25, -0.2) is 0 Å². The molecule has 1 unspecified atom stereocenters. The van der Waals surface area contributed by atoms with E-state index >= 15 is 0 Å². The Morgan fingerprint density at radius 1 is 1.05 bits per heavy atom. The van der Waals surface area contributed by atoms with Crippen molar-refractivity contribution in [3.8, 4) is 5.75 Å². The largest absolute Gasteiger partial charge is 0.490 e. The van der Waals surface area contributed by atoms with Gasteiger partial charge in [-0.2, -0.15) is 0 Å². The van der Waals surface area contributed by atoms with Gasteiger partial charge in [0, 0.05) is 3.57 Å². The van der Waals surface area contributed by atoms with Gasteiger partial charge < -0.3 is 9.84 Å². The molecule has 0 spiro atoms. The summed E-state index contributed by atoms with van der Waals surface area (Å²) in [6.07, 6.45) is 2.07. The highest BCUT2D eigenvalue weighted by Crippen LogP contribution is 2.30. The Bertz CT molecular complexity index is 578. The lowest BCUT2D eigenvalue weighted by molar-refractivity contribution is 0.219. The van der Waals surface area contributed by atoms with E-state index in [9.17, 15) is 5.11 Å². The zero-order valence-electron chi connectivity index (χ0n) is 10.4. The maximum Gasteiger partial charge on any atom is 0.120 e. The first-order chi connectivity index (χ1) is 9.22. The molecule has 1 aliphatic rings. The molecule has 98 valence electrons. The summed E-state index contributed by atoms with van der Waals surface area (Å²) in [6, 6.07) is 15.7. The molecule has 0 radical (unpaired) electrons. The van der Waals surface area contributed by atoms with Crippen LogP contribution in [-0.2, 0) is 0 Å². The fourth-order valence-corrected chi connectivity index (χ4v) is 2.57. The Balaban J connectivity index is 1.83. The van der Waals surface area contributed by atoms with Crippen LogP contribution in [0.4, 0.5) is 0 Å². The van der Waals surface area contributed by atoms with Crippen molar-refractivity contribution in [1.29, 1.82) is 0 Å². The summed E-state index contributed by atoms with van der Waals surface area (Å²) in [5.41, 5.74) is 1.79. The lowest BCUT2D eigenvalue weighted by Gasteiger charge is -2.13. The van der Waals surface area contributed by atoms with E-state index in [1.54, 1.807) is 0 Å². The van der Waals surface area contributed by atoms with Crippen molar-refractivity contribution in [2.75, 3.05) is 0 Å². The van der Waals surface area contributed by atoms with Crippen LogP contribution in [0.15, 0.2) is 48.5 Å². The molecule has 2 nitrogen and oxygen atoms in total. The second-order valence-electron chi connectivity index (χ2n) is 4.85. The van der Waals surface area contributed by atoms with Gasteiger partial charge in [-0.3, -0.25) is 0 Å². The summed E-state index contributed by atoms with van der Waals surface area (Å²) in [7, 11) is 0. The predicted molar refractivity (Wildman–Crippen MR) is 83.3 cm³/mol. The maximum absolute atomic E-state index is 10.4. The third-order valence-corrected chi connectivity index (χ3v) is 3.84. The van der Waals surface area contributed by atoms with Crippen molar-refractivity contribution in [2.24, 2.45) is 0 Å². The van der Waals surface area contributed by atoms with Gasteiger partial charge in [0.15, 0.2) is 0 Å².